The summed E-state index contributed by atoms with van der Waals surface area (Å²) in [5.74, 6) is 5.93. The van der Waals surface area contributed by atoms with E-state index < -0.39 is 16.1 Å². The maximum Gasteiger partial charge on any atom is 0.247 e. The summed E-state index contributed by atoms with van der Waals surface area (Å²) >= 11 is 0. The summed E-state index contributed by atoms with van der Waals surface area (Å²) in [7, 11) is -0.508. The molecule has 0 unspecified atom stereocenters. The highest BCUT2D eigenvalue weighted by Crippen LogP contribution is 2.50. The van der Waals surface area contributed by atoms with Crippen LogP contribution in [0.5, 0.6) is 5.75 Å². The molecule has 0 radical (unpaired) electrons. The van der Waals surface area contributed by atoms with E-state index in [1.165, 1.54) is 23.5 Å². The monoisotopic (exact) mass is 506 g/mol. The number of methoxy groups -OCH3 is 1. The Labute approximate surface area is 211 Å². The number of aliphatic hydroxyl groups excluding tert-OH is 1. The zero-order valence-corrected chi connectivity index (χ0v) is 20.9. The van der Waals surface area contributed by atoms with Crippen LogP contribution in [0.25, 0.3) is 0 Å². The molecule has 0 saturated carbocycles. The maximum absolute atomic E-state index is 13.9. The van der Waals surface area contributed by atoms with Crippen molar-refractivity contribution < 1.29 is 22.7 Å². The first-order valence-corrected chi connectivity index (χ1v) is 13.2. The van der Waals surface area contributed by atoms with E-state index in [2.05, 4.69) is 11.8 Å². The van der Waals surface area contributed by atoms with Crippen LogP contribution in [0.2, 0.25) is 0 Å². The summed E-state index contributed by atoms with van der Waals surface area (Å²) in [6.45, 7) is 0.249. The summed E-state index contributed by atoms with van der Waals surface area (Å²) in [5, 5.41) is 10.2. The standard InChI is InChI=1S/C28H27FN2O4S/c1-30-24-13-12-20(11-10-19-6-5-7-21(29)16-19)17-23(24)28-22(25(30)18-32)14-15-31(28)36(33,34)27-9-4-3-8-26(27)35-2/h3-9,12-13,16-17,22,25,28,32H,14-15,18H2,1-2H3/t22-,25+,28-/m1/s1. The fraction of sp³-hybridized carbons (Fsp3) is 0.286. The number of halogens is 1. The molecule has 1 fully saturated rings. The van der Waals surface area contributed by atoms with E-state index in [4.69, 9.17) is 4.74 Å². The Bertz CT molecular complexity index is 1460. The van der Waals surface area contributed by atoms with Gasteiger partial charge in [-0.05, 0) is 60.5 Å². The number of sulfonamides is 1. The van der Waals surface area contributed by atoms with Gasteiger partial charge in [-0.25, -0.2) is 12.8 Å². The van der Waals surface area contributed by atoms with Gasteiger partial charge in [0.15, 0.2) is 0 Å². The van der Waals surface area contributed by atoms with Gasteiger partial charge in [-0.15, -0.1) is 0 Å². The van der Waals surface area contributed by atoms with Gasteiger partial charge in [0, 0.05) is 36.3 Å². The Morgan fingerprint density at radius 3 is 2.53 bits per heavy atom. The molecule has 3 aromatic carbocycles. The molecule has 6 nitrogen and oxygen atoms in total. The van der Waals surface area contributed by atoms with Crippen LogP contribution >= 0.6 is 0 Å². The summed E-state index contributed by atoms with van der Waals surface area (Å²) in [6, 6.07) is 17.7. The third-order valence-electron chi connectivity index (χ3n) is 7.14. The molecule has 0 amide bonds. The molecule has 0 aliphatic carbocycles. The van der Waals surface area contributed by atoms with Crippen LogP contribution in [-0.2, 0) is 10.0 Å². The molecular weight excluding hydrogens is 479 g/mol. The highest BCUT2D eigenvalue weighted by Gasteiger charge is 2.50. The summed E-state index contributed by atoms with van der Waals surface area (Å²) in [5.41, 5.74) is 2.96. The summed E-state index contributed by atoms with van der Waals surface area (Å²) in [4.78, 5) is 2.15. The number of fused-ring (bicyclic) bond motifs is 3. The predicted octanol–water partition coefficient (Wildman–Crippen LogP) is 3.80. The highest BCUT2D eigenvalue weighted by atomic mass is 32.2. The van der Waals surface area contributed by atoms with Crippen molar-refractivity contribution in [2.45, 2.75) is 23.4 Å². The van der Waals surface area contributed by atoms with Crippen molar-refractivity contribution in [2.24, 2.45) is 5.92 Å². The zero-order chi connectivity index (χ0) is 25.4. The second-order valence-corrected chi connectivity index (χ2v) is 10.9. The van der Waals surface area contributed by atoms with Crippen molar-refractivity contribution in [1.82, 2.24) is 4.31 Å². The molecule has 5 rings (SSSR count). The van der Waals surface area contributed by atoms with E-state index in [1.54, 1.807) is 36.4 Å². The Morgan fingerprint density at radius 2 is 1.81 bits per heavy atom. The van der Waals surface area contributed by atoms with E-state index in [1.807, 2.05) is 30.1 Å². The molecule has 2 heterocycles. The normalized spacial score (nSPS) is 21.3. The van der Waals surface area contributed by atoms with E-state index >= 15 is 0 Å². The number of rotatable bonds is 4. The molecule has 1 N–H and O–H groups in total. The molecule has 2 aliphatic rings. The number of hydrogen-bond donors (Lipinski definition) is 1. The lowest BCUT2D eigenvalue weighted by Crippen LogP contribution is -2.48. The van der Waals surface area contributed by atoms with Crippen molar-refractivity contribution in [3.63, 3.8) is 0 Å². The SMILES string of the molecule is COc1ccccc1S(=O)(=O)N1CC[C@@H]2[C@H](CO)N(C)c3ccc(C#Cc4cccc(F)c4)cc3[C@@H]21. The van der Waals surface area contributed by atoms with Crippen molar-refractivity contribution in [2.75, 3.05) is 32.2 Å². The number of ether oxygens (including phenoxy) is 1. The Morgan fingerprint density at radius 1 is 1.06 bits per heavy atom. The van der Waals surface area contributed by atoms with E-state index in [0.29, 0.717) is 29.8 Å². The predicted molar refractivity (Wildman–Crippen MR) is 136 cm³/mol. The molecule has 3 aromatic rings. The third kappa shape index (κ3) is 4.13. The van der Waals surface area contributed by atoms with Crippen molar-refractivity contribution in [3.05, 3.63) is 89.2 Å². The molecule has 0 spiro atoms. The second-order valence-electron chi connectivity index (χ2n) is 9.06. The Hall–Kier alpha value is -3.38. The molecule has 0 aromatic heterocycles. The lowest BCUT2D eigenvalue weighted by molar-refractivity contribution is 0.193. The first-order valence-electron chi connectivity index (χ1n) is 11.7. The van der Waals surface area contributed by atoms with Gasteiger partial charge >= 0.3 is 0 Å². The zero-order valence-electron chi connectivity index (χ0n) is 20.1. The number of benzene rings is 3. The van der Waals surface area contributed by atoms with Gasteiger partial charge < -0.3 is 14.7 Å². The average molecular weight is 507 g/mol. The fourth-order valence-electron chi connectivity index (χ4n) is 5.43. The van der Waals surface area contributed by atoms with Gasteiger partial charge in [-0.2, -0.15) is 4.31 Å². The van der Waals surface area contributed by atoms with Crippen molar-refractivity contribution in [1.29, 1.82) is 0 Å². The first-order chi connectivity index (χ1) is 17.3. The van der Waals surface area contributed by atoms with Gasteiger partial charge in [-0.3, -0.25) is 0 Å². The van der Waals surface area contributed by atoms with Crippen molar-refractivity contribution in [3.8, 4) is 17.6 Å². The number of nitrogens with zero attached hydrogens (tertiary/aromatic N) is 2. The van der Waals surface area contributed by atoms with Gasteiger partial charge in [0.25, 0.3) is 0 Å². The molecule has 0 bridgehead atoms. The number of hydrogen-bond acceptors (Lipinski definition) is 5. The van der Waals surface area contributed by atoms with Gasteiger partial charge in [0.05, 0.1) is 25.8 Å². The topological polar surface area (TPSA) is 70.1 Å². The minimum atomic E-state index is -3.89. The van der Waals surface area contributed by atoms with Crippen LogP contribution in [0.1, 0.15) is 29.2 Å². The number of anilines is 1. The molecule has 2 aliphatic heterocycles. The molecule has 3 atom stereocenters. The Kier molecular flexibility index (Phi) is 6.47. The maximum atomic E-state index is 13.9. The lowest BCUT2D eigenvalue weighted by Gasteiger charge is -2.44. The number of aliphatic hydroxyl groups is 1. The molecule has 8 heteroatoms. The van der Waals surface area contributed by atoms with Gasteiger partial charge in [-0.1, -0.05) is 30.0 Å². The van der Waals surface area contributed by atoms with Crippen LogP contribution in [0.3, 0.4) is 0 Å². The number of likely N-dealkylation sites (N-methyl/N-ethyl adjacent to an activating group) is 1. The number of para-hydroxylation sites is 1. The largest absolute Gasteiger partial charge is 0.495 e. The highest BCUT2D eigenvalue weighted by molar-refractivity contribution is 7.89. The van der Waals surface area contributed by atoms with Crippen LogP contribution in [0.4, 0.5) is 10.1 Å². The second kappa shape index (κ2) is 9.58. The molecular formula is C28H27FN2O4S. The van der Waals surface area contributed by atoms with Crippen molar-refractivity contribution >= 4 is 15.7 Å². The summed E-state index contributed by atoms with van der Waals surface area (Å²) < 4.78 is 48.2. The smallest absolute Gasteiger partial charge is 0.247 e. The molecule has 186 valence electrons. The van der Waals surface area contributed by atoms with Crippen LogP contribution in [0.15, 0.2) is 71.6 Å². The minimum Gasteiger partial charge on any atom is -0.495 e. The summed E-state index contributed by atoms with van der Waals surface area (Å²) in [6.07, 6.45) is 0.618. The van der Waals surface area contributed by atoms with E-state index in [0.717, 1.165) is 11.3 Å². The first kappa shape index (κ1) is 24.3. The van der Waals surface area contributed by atoms with Gasteiger partial charge in [0.2, 0.25) is 10.0 Å². The average Bonchev–Trinajstić information content (AvgIpc) is 3.34. The quantitative estimate of drug-likeness (QED) is 0.546. The van der Waals surface area contributed by atoms with Crippen LogP contribution in [0, 0.1) is 23.6 Å². The lowest BCUT2D eigenvalue weighted by atomic mass is 9.82. The molecule has 1 saturated heterocycles. The van der Waals surface area contributed by atoms with E-state index in [9.17, 15) is 17.9 Å². The van der Waals surface area contributed by atoms with Crippen LogP contribution in [-0.4, -0.2) is 51.2 Å². The fourth-order valence-corrected chi connectivity index (χ4v) is 7.25. The van der Waals surface area contributed by atoms with Gasteiger partial charge in [0.1, 0.15) is 16.5 Å². The Balaban J connectivity index is 1.60. The molecule has 36 heavy (non-hydrogen) atoms. The van der Waals surface area contributed by atoms with E-state index in [-0.39, 0.29) is 29.3 Å². The third-order valence-corrected chi connectivity index (χ3v) is 9.06. The minimum absolute atomic E-state index is 0.0826. The van der Waals surface area contributed by atoms with Crippen LogP contribution < -0.4 is 9.64 Å².